The molecule has 0 radical (unpaired) electrons. The number of ether oxygens (including phenoxy) is 1. The van der Waals surface area contributed by atoms with E-state index in [0.29, 0.717) is 28.9 Å². The third kappa shape index (κ3) is 4.47. The molecule has 9 heteroatoms. The molecule has 1 aromatic carbocycles. The van der Waals surface area contributed by atoms with E-state index in [1.807, 2.05) is 0 Å². The Kier molecular flexibility index (Phi) is 5.06. The number of benzene rings is 1. The predicted octanol–water partition coefficient (Wildman–Crippen LogP) is 3.94. The van der Waals surface area contributed by atoms with Crippen LogP contribution in [0.1, 0.15) is 19.8 Å². The second-order valence-electron chi connectivity index (χ2n) is 6.33. The highest BCUT2D eigenvalue weighted by Gasteiger charge is 2.31. The van der Waals surface area contributed by atoms with Gasteiger partial charge in [0, 0.05) is 18.8 Å². The molecular formula is C17H20F3N5O. The second kappa shape index (κ2) is 7.27. The summed E-state index contributed by atoms with van der Waals surface area (Å²) in [7, 11) is 0. The van der Waals surface area contributed by atoms with E-state index in [9.17, 15) is 13.2 Å². The first-order valence-electron chi connectivity index (χ1n) is 8.30. The number of rotatable bonds is 4. The van der Waals surface area contributed by atoms with E-state index in [1.165, 1.54) is 30.6 Å². The Morgan fingerprint density at radius 2 is 1.81 bits per heavy atom. The van der Waals surface area contributed by atoms with Gasteiger partial charge in [-0.1, -0.05) is 6.92 Å². The van der Waals surface area contributed by atoms with Crippen molar-refractivity contribution in [2.24, 2.45) is 5.92 Å². The Labute approximate surface area is 149 Å². The van der Waals surface area contributed by atoms with Gasteiger partial charge < -0.3 is 20.7 Å². The quantitative estimate of drug-likeness (QED) is 0.853. The van der Waals surface area contributed by atoms with Crippen molar-refractivity contribution in [3.05, 3.63) is 30.6 Å². The number of piperidine rings is 1. The third-order valence-electron chi connectivity index (χ3n) is 4.30. The maximum absolute atomic E-state index is 12.2. The van der Waals surface area contributed by atoms with E-state index in [0.717, 1.165) is 25.9 Å². The van der Waals surface area contributed by atoms with Gasteiger partial charge in [0.2, 0.25) is 0 Å². The number of anilines is 4. The van der Waals surface area contributed by atoms with Gasteiger partial charge in [-0.25, -0.2) is 9.97 Å². The van der Waals surface area contributed by atoms with E-state index in [4.69, 9.17) is 5.73 Å². The highest BCUT2D eigenvalue weighted by atomic mass is 19.4. The Morgan fingerprint density at radius 3 is 2.42 bits per heavy atom. The van der Waals surface area contributed by atoms with Crippen molar-refractivity contribution in [2.75, 3.05) is 29.0 Å². The summed E-state index contributed by atoms with van der Waals surface area (Å²) in [6.45, 7) is 3.98. The first kappa shape index (κ1) is 18.1. The average molecular weight is 367 g/mol. The van der Waals surface area contributed by atoms with Crippen LogP contribution in [0.25, 0.3) is 0 Å². The lowest BCUT2D eigenvalue weighted by Gasteiger charge is -2.32. The minimum absolute atomic E-state index is 0.290. The summed E-state index contributed by atoms with van der Waals surface area (Å²) < 4.78 is 40.5. The summed E-state index contributed by atoms with van der Waals surface area (Å²) in [5.41, 5.74) is 7.17. The van der Waals surface area contributed by atoms with Crippen LogP contribution in [0.5, 0.6) is 5.75 Å². The fourth-order valence-electron chi connectivity index (χ4n) is 2.83. The van der Waals surface area contributed by atoms with Crippen LogP contribution in [0.4, 0.5) is 36.2 Å². The van der Waals surface area contributed by atoms with Gasteiger partial charge in [0.05, 0.1) is 0 Å². The molecule has 1 aromatic heterocycles. The molecule has 6 nitrogen and oxygen atoms in total. The van der Waals surface area contributed by atoms with Crippen molar-refractivity contribution < 1.29 is 17.9 Å². The van der Waals surface area contributed by atoms with Crippen LogP contribution in [0, 0.1) is 5.92 Å². The summed E-state index contributed by atoms with van der Waals surface area (Å²) in [6.07, 6.45) is -1.14. The van der Waals surface area contributed by atoms with Gasteiger partial charge in [0.25, 0.3) is 0 Å². The molecule has 0 aliphatic carbocycles. The van der Waals surface area contributed by atoms with Crippen LogP contribution in [0.3, 0.4) is 0 Å². The van der Waals surface area contributed by atoms with Gasteiger partial charge in [-0.2, -0.15) is 0 Å². The Bertz CT molecular complexity index is 743. The first-order chi connectivity index (χ1) is 12.3. The molecule has 0 bridgehead atoms. The number of aromatic nitrogens is 2. The molecule has 1 fully saturated rings. The first-order valence-corrected chi connectivity index (χ1v) is 8.30. The average Bonchev–Trinajstić information content (AvgIpc) is 2.58. The summed E-state index contributed by atoms with van der Waals surface area (Å²) in [4.78, 5) is 10.6. The molecule has 1 aliphatic heterocycles. The minimum Gasteiger partial charge on any atom is -0.406 e. The molecule has 3 rings (SSSR count). The zero-order valence-electron chi connectivity index (χ0n) is 14.3. The standard InChI is InChI=1S/C17H20F3N5O/c1-11-6-8-25(9-7-11)16-14(21)15(22-10-23-16)24-12-2-4-13(5-3-12)26-17(18,19)20/h2-5,10-11H,6-9,21H2,1H3,(H,22,23,24). The number of nitrogens with one attached hydrogen (secondary N) is 1. The fraction of sp³-hybridized carbons (Fsp3) is 0.412. The molecule has 1 saturated heterocycles. The van der Waals surface area contributed by atoms with E-state index < -0.39 is 6.36 Å². The molecule has 0 amide bonds. The number of hydrogen-bond donors (Lipinski definition) is 2. The smallest absolute Gasteiger partial charge is 0.406 e. The molecule has 3 N–H and O–H groups in total. The van der Waals surface area contributed by atoms with Crippen LogP contribution in [-0.4, -0.2) is 29.4 Å². The third-order valence-corrected chi connectivity index (χ3v) is 4.30. The topological polar surface area (TPSA) is 76.3 Å². The van der Waals surface area contributed by atoms with Crippen molar-refractivity contribution in [1.29, 1.82) is 0 Å². The molecule has 2 aromatic rings. The number of nitrogen functional groups attached to an aromatic ring is 1. The number of nitrogens with zero attached hydrogens (tertiary/aromatic N) is 3. The van der Waals surface area contributed by atoms with Crippen LogP contribution < -0.4 is 20.7 Å². The van der Waals surface area contributed by atoms with Crippen molar-refractivity contribution in [1.82, 2.24) is 9.97 Å². The summed E-state index contributed by atoms with van der Waals surface area (Å²) in [5.74, 6) is 1.48. The summed E-state index contributed by atoms with van der Waals surface area (Å²) >= 11 is 0. The van der Waals surface area contributed by atoms with Gasteiger partial charge in [-0.3, -0.25) is 0 Å². The monoisotopic (exact) mass is 367 g/mol. The highest BCUT2D eigenvalue weighted by molar-refractivity contribution is 5.78. The summed E-state index contributed by atoms with van der Waals surface area (Å²) in [6, 6.07) is 5.37. The molecule has 2 heterocycles. The zero-order valence-corrected chi connectivity index (χ0v) is 14.3. The molecule has 140 valence electrons. The Morgan fingerprint density at radius 1 is 1.15 bits per heavy atom. The Hall–Kier alpha value is -2.71. The highest BCUT2D eigenvalue weighted by Crippen LogP contribution is 2.32. The van der Waals surface area contributed by atoms with Crippen molar-refractivity contribution in [3.8, 4) is 5.75 Å². The lowest BCUT2D eigenvalue weighted by molar-refractivity contribution is -0.274. The number of alkyl halides is 3. The molecule has 0 unspecified atom stereocenters. The molecule has 1 aliphatic rings. The molecule has 26 heavy (non-hydrogen) atoms. The van der Waals surface area contributed by atoms with Crippen LogP contribution in [0.15, 0.2) is 30.6 Å². The normalized spacial score (nSPS) is 15.8. The van der Waals surface area contributed by atoms with Gasteiger partial charge in [-0.15, -0.1) is 13.2 Å². The predicted molar refractivity (Wildman–Crippen MR) is 93.5 cm³/mol. The number of halogens is 3. The molecule has 0 atom stereocenters. The van der Waals surface area contributed by atoms with Crippen molar-refractivity contribution in [3.63, 3.8) is 0 Å². The largest absolute Gasteiger partial charge is 0.573 e. The van der Waals surface area contributed by atoms with Crippen LogP contribution in [0.2, 0.25) is 0 Å². The SMILES string of the molecule is CC1CCN(c2ncnc(Nc3ccc(OC(F)(F)F)cc3)c2N)CC1. The van der Waals surface area contributed by atoms with Gasteiger partial charge in [-0.05, 0) is 43.0 Å². The van der Waals surface area contributed by atoms with E-state index >= 15 is 0 Å². The van der Waals surface area contributed by atoms with E-state index in [1.54, 1.807) is 0 Å². The maximum Gasteiger partial charge on any atom is 0.573 e. The van der Waals surface area contributed by atoms with Crippen molar-refractivity contribution >= 4 is 23.0 Å². The second-order valence-corrected chi connectivity index (χ2v) is 6.33. The molecular weight excluding hydrogens is 347 g/mol. The lowest BCUT2D eigenvalue weighted by Crippen LogP contribution is -2.34. The van der Waals surface area contributed by atoms with Crippen LogP contribution >= 0.6 is 0 Å². The van der Waals surface area contributed by atoms with Crippen LogP contribution in [-0.2, 0) is 0 Å². The number of hydrogen-bond acceptors (Lipinski definition) is 6. The molecule has 0 saturated carbocycles. The van der Waals surface area contributed by atoms with E-state index in [2.05, 4.69) is 31.8 Å². The van der Waals surface area contributed by atoms with Gasteiger partial charge >= 0.3 is 6.36 Å². The van der Waals surface area contributed by atoms with E-state index in [-0.39, 0.29) is 5.75 Å². The van der Waals surface area contributed by atoms with Gasteiger partial charge in [0.1, 0.15) is 17.8 Å². The Balaban J connectivity index is 1.73. The maximum atomic E-state index is 12.2. The van der Waals surface area contributed by atoms with Crippen molar-refractivity contribution in [2.45, 2.75) is 26.1 Å². The minimum atomic E-state index is -4.72. The fourth-order valence-corrected chi connectivity index (χ4v) is 2.83. The zero-order chi connectivity index (χ0) is 18.7. The lowest BCUT2D eigenvalue weighted by atomic mass is 9.99. The number of nitrogens with two attached hydrogens (primary N) is 1. The summed E-state index contributed by atoms with van der Waals surface area (Å²) in [5, 5.41) is 3.01. The molecule has 0 spiro atoms. The van der Waals surface area contributed by atoms with Gasteiger partial charge in [0.15, 0.2) is 11.6 Å².